The highest BCUT2D eigenvalue weighted by molar-refractivity contribution is 5.08. The number of ether oxygens (including phenoxy) is 1. The van der Waals surface area contributed by atoms with Crippen LogP contribution in [0.3, 0.4) is 0 Å². The summed E-state index contributed by atoms with van der Waals surface area (Å²) in [6.45, 7) is 4.69. The van der Waals surface area contributed by atoms with Crippen molar-refractivity contribution in [2.24, 2.45) is 11.8 Å². The zero-order chi connectivity index (χ0) is 15.6. The minimum Gasteiger partial charge on any atom is -0.377 e. The lowest BCUT2D eigenvalue weighted by atomic mass is 9.91. The van der Waals surface area contributed by atoms with E-state index in [1.165, 1.54) is 12.8 Å². The van der Waals surface area contributed by atoms with Gasteiger partial charge in [-0.25, -0.2) is 4.98 Å². The van der Waals surface area contributed by atoms with Gasteiger partial charge in [0.05, 0.1) is 6.54 Å². The lowest BCUT2D eigenvalue weighted by Crippen LogP contribution is -2.25. The second-order valence-corrected chi connectivity index (χ2v) is 6.71. The number of nitrogens with one attached hydrogen (secondary N) is 1. The molecule has 23 heavy (non-hydrogen) atoms. The summed E-state index contributed by atoms with van der Waals surface area (Å²) in [4.78, 5) is 7.19. The molecule has 2 fully saturated rings. The quantitative estimate of drug-likeness (QED) is 0.833. The average Bonchev–Trinajstić information content (AvgIpc) is 2.97. The molecule has 0 amide bonds. The zero-order valence-corrected chi connectivity index (χ0v) is 13.6. The molecule has 124 valence electrons. The van der Waals surface area contributed by atoms with Gasteiger partial charge in [0.2, 0.25) is 0 Å². The van der Waals surface area contributed by atoms with Gasteiger partial charge in [-0.15, -0.1) is 0 Å². The fourth-order valence-electron chi connectivity index (χ4n) is 3.72. The van der Waals surface area contributed by atoms with Crippen LogP contribution < -0.4 is 0 Å². The highest BCUT2D eigenvalue weighted by Gasteiger charge is 2.44. The molecule has 0 aromatic carbocycles. The van der Waals surface area contributed by atoms with E-state index in [1.807, 2.05) is 23.1 Å². The van der Waals surface area contributed by atoms with E-state index in [0.717, 1.165) is 43.7 Å². The number of likely N-dealkylation sites (tertiary alicyclic amines) is 1. The van der Waals surface area contributed by atoms with Gasteiger partial charge in [0, 0.05) is 45.1 Å². The van der Waals surface area contributed by atoms with Gasteiger partial charge in [0.15, 0.2) is 11.6 Å². The van der Waals surface area contributed by atoms with Gasteiger partial charge in [-0.1, -0.05) is 0 Å². The summed E-state index contributed by atoms with van der Waals surface area (Å²) in [6.07, 6.45) is 6.59. The normalized spacial score (nSPS) is 25.3. The van der Waals surface area contributed by atoms with Gasteiger partial charge < -0.3 is 9.64 Å². The van der Waals surface area contributed by atoms with Crippen molar-refractivity contribution in [1.29, 1.82) is 0 Å². The van der Waals surface area contributed by atoms with E-state index in [9.17, 15) is 0 Å². The Bertz CT molecular complexity index is 620. The Morgan fingerprint density at radius 2 is 2.22 bits per heavy atom. The van der Waals surface area contributed by atoms with E-state index in [2.05, 4.69) is 25.2 Å². The molecule has 1 saturated heterocycles. The van der Waals surface area contributed by atoms with Crippen molar-refractivity contribution in [2.75, 3.05) is 26.7 Å². The van der Waals surface area contributed by atoms with E-state index in [1.54, 1.807) is 7.11 Å². The Balaban J connectivity index is 1.42. The zero-order valence-electron chi connectivity index (χ0n) is 13.6. The van der Waals surface area contributed by atoms with Gasteiger partial charge in [-0.2, -0.15) is 10.2 Å². The number of methoxy groups -OCH3 is 1. The molecule has 0 spiro atoms. The summed E-state index contributed by atoms with van der Waals surface area (Å²) >= 11 is 0. The van der Waals surface area contributed by atoms with Crippen LogP contribution in [0.25, 0.3) is 0 Å². The molecule has 0 radical (unpaired) electrons. The molecule has 4 rings (SSSR count). The maximum absolute atomic E-state index is 5.14. The fourth-order valence-corrected chi connectivity index (χ4v) is 3.72. The third-order valence-corrected chi connectivity index (χ3v) is 5.03. The van der Waals surface area contributed by atoms with Crippen molar-refractivity contribution in [1.82, 2.24) is 29.9 Å². The highest BCUT2D eigenvalue weighted by Crippen LogP contribution is 2.46. The van der Waals surface area contributed by atoms with Crippen LogP contribution in [0.5, 0.6) is 0 Å². The monoisotopic (exact) mass is 316 g/mol. The Kier molecular flexibility index (Phi) is 4.13. The summed E-state index contributed by atoms with van der Waals surface area (Å²) < 4.78 is 7.14. The van der Waals surface area contributed by atoms with E-state index in [-0.39, 0.29) is 0 Å². The first-order valence-corrected chi connectivity index (χ1v) is 8.43. The average molecular weight is 316 g/mol. The summed E-state index contributed by atoms with van der Waals surface area (Å²) in [5.41, 5.74) is 0. The molecule has 0 bridgehead atoms. The number of aromatic nitrogens is 5. The van der Waals surface area contributed by atoms with Crippen LogP contribution in [0.4, 0.5) is 0 Å². The third kappa shape index (κ3) is 3.30. The first-order valence-electron chi connectivity index (χ1n) is 8.43. The second-order valence-electron chi connectivity index (χ2n) is 6.71. The maximum Gasteiger partial charge on any atom is 0.155 e. The predicted molar refractivity (Wildman–Crippen MR) is 84.7 cm³/mol. The summed E-state index contributed by atoms with van der Waals surface area (Å²) in [6, 6.07) is 1.98. The SMILES string of the molecule is COCc1nc([C@H]2CN(CCn3cccn3)C[C@@H]2C2CC2)n[nH]1. The van der Waals surface area contributed by atoms with Crippen molar-refractivity contribution in [2.45, 2.75) is 31.9 Å². The molecule has 0 unspecified atom stereocenters. The van der Waals surface area contributed by atoms with E-state index < -0.39 is 0 Å². The number of nitrogens with zero attached hydrogens (tertiary/aromatic N) is 5. The lowest BCUT2D eigenvalue weighted by Gasteiger charge is -2.15. The van der Waals surface area contributed by atoms with Crippen LogP contribution in [-0.4, -0.2) is 56.6 Å². The molecule has 7 nitrogen and oxygen atoms in total. The number of hydrogen-bond donors (Lipinski definition) is 1. The smallest absolute Gasteiger partial charge is 0.155 e. The van der Waals surface area contributed by atoms with Crippen molar-refractivity contribution < 1.29 is 4.74 Å². The summed E-state index contributed by atoms with van der Waals surface area (Å²) in [7, 11) is 1.68. The van der Waals surface area contributed by atoms with Crippen molar-refractivity contribution in [3.05, 3.63) is 30.1 Å². The van der Waals surface area contributed by atoms with Crippen LogP contribution in [-0.2, 0) is 17.9 Å². The number of rotatable bonds is 7. The van der Waals surface area contributed by atoms with E-state index in [0.29, 0.717) is 18.4 Å². The standard InChI is InChI=1S/C16H24N6O/c1-23-11-15-18-16(20-19-15)14-10-21(9-13(14)12-3-4-12)7-8-22-6-2-5-17-22/h2,5-6,12-14H,3-4,7-11H2,1H3,(H,18,19,20)/t13-,14+/m1/s1. The third-order valence-electron chi connectivity index (χ3n) is 5.03. The van der Waals surface area contributed by atoms with E-state index in [4.69, 9.17) is 4.74 Å². The van der Waals surface area contributed by atoms with Crippen LogP contribution >= 0.6 is 0 Å². The minimum atomic E-state index is 0.446. The summed E-state index contributed by atoms with van der Waals surface area (Å²) in [5.74, 6) is 3.79. The van der Waals surface area contributed by atoms with Crippen LogP contribution in [0.2, 0.25) is 0 Å². The van der Waals surface area contributed by atoms with Gasteiger partial charge in [0.25, 0.3) is 0 Å². The van der Waals surface area contributed by atoms with Crippen LogP contribution in [0.15, 0.2) is 18.5 Å². The molecule has 2 aromatic heterocycles. The molecule has 1 N–H and O–H groups in total. The topological polar surface area (TPSA) is 71.9 Å². The van der Waals surface area contributed by atoms with Crippen molar-refractivity contribution >= 4 is 0 Å². The molecule has 1 aliphatic heterocycles. The minimum absolute atomic E-state index is 0.446. The van der Waals surface area contributed by atoms with Crippen molar-refractivity contribution in [3.8, 4) is 0 Å². The number of H-pyrrole nitrogens is 1. The van der Waals surface area contributed by atoms with Crippen LogP contribution in [0.1, 0.15) is 30.4 Å². The molecule has 2 aliphatic rings. The summed E-state index contributed by atoms with van der Waals surface area (Å²) in [5, 5.41) is 11.8. The van der Waals surface area contributed by atoms with Gasteiger partial charge in [0.1, 0.15) is 6.61 Å². The van der Waals surface area contributed by atoms with Crippen LogP contribution in [0, 0.1) is 11.8 Å². The number of hydrogen-bond acceptors (Lipinski definition) is 5. The van der Waals surface area contributed by atoms with Gasteiger partial charge in [-0.3, -0.25) is 9.78 Å². The molecule has 2 aromatic rings. The molecular weight excluding hydrogens is 292 g/mol. The molecule has 2 atom stereocenters. The largest absolute Gasteiger partial charge is 0.377 e. The predicted octanol–water partition coefficient (Wildman–Crippen LogP) is 1.27. The first kappa shape index (κ1) is 14.8. The molecule has 1 saturated carbocycles. The Morgan fingerprint density at radius 1 is 1.30 bits per heavy atom. The van der Waals surface area contributed by atoms with Gasteiger partial charge >= 0.3 is 0 Å². The molecular formula is C16H24N6O. The van der Waals surface area contributed by atoms with E-state index >= 15 is 0 Å². The van der Waals surface area contributed by atoms with Gasteiger partial charge in [-0.05, 0) is 30.7 Å². The Hall–Kier alpha value is -1.73. The second kappa shape index (κ2) is 6.41. The lowest BCUT2D eigenvalue weighted by molar-refractivity contribution is 0.178. The fraction of sp³-hybridized carbons (Fsp3) is 0.688. The first-order chi connectivity index (χ1) is 11.3. The Labute approximate surface area is 136 Å². The molecule has 3 heterocycles. The van der Waals surface area contributed by atoms with Crippen molar-refractivity contribution in [3.63, 3.8) is 0 Å². The molecule has 1 aliphatic carbocycles. The Morgan fingerprint density at radius 3 is 2.96 bits per heavy atom. The number of aromatic amines is 1. The molecule has 7 heteroatoms. The maximum atomic E-state index is 5.14. The highest BCUT2D eigenvalue weighted by atomic mass is 16.5.